The van der Waals surface area contributed by atoms with Crippen LogP contribution in [0.15, 0.2) is 24.4 Å². The van der Waals surface area contributed by atoms with Crippen molar-refractivity contribution in [2.24, 2.45) is 0 Å². The van der Waals surface area contributed by atoms with E-state index in [1.807, 2.05) is 25.1 Å². The minimum Gasteiger partial charge on any atom is -0.383 e. The number of ether oxygens (including phenoxy) is 1. The number of hydrogen-bond donors (Lipinski definition) is 2. The number of anilines is 2. The van der Waals surface area contributed by atoms with Gasteiger partial charge in [0.05, 0.1) is 36.7 Å². The molecule has 2 amide bonds. The Morgan fingerprint density at radius 3 is 2.68 bits per heavy atom. The highest BCUT2D eigenvalue weighted by Gasteiger charge is 2.30. The van der Waals surface area contributed by atoms with Gasteiger partial charge in [-0.15, -0.1) is 0 Å². The first-order valence-electron chi connectivity index (χ1n) is 8.25. The molecule has 0 saturated carbocycles. The lowest BCUT2D eigenvalue weighted by atomic mass is 10.0. The van der Waals surface area contributed by atoms with E-state index < -0.39 is 0 Å². The van der Waals surface area contributed by atoms with Gasteiger partial charge in [0.1, 0.15) is 0 Å². The molecule has 2 aliphatic heterocycles. The van der Waals surface area contributed by atoms with E-state index in [0.717, 1.165) is 12.0 Å². The first-order valence-corrected chi connectivity index (χ1v) is 8.25. The number of fused-ring (bicyclic) bond motifs is 1. The number of carbonyl (C=O) groups is 2. The van der Waals surface area contributed by atoms with Crippen molar-refractivity contribution in [2.75, 3.05) is 29.6 Å². The second-order valence-corrected chi connectivity index (χ2v) is 6.34. The normalized spacial score (nSPS) is 20.6. The third-order valence-corrected chi connectivity index (χ3v) is 4.51. The Kier molecular flexibility index (Phi) is 4.85. The van der Waals surface area contributed by atoms with Crippen LogP contribution in [0.1, 0.15) is 19.4 Å². The molecule has 1 atom stereocenters. The number of hydrogen-bond acceptors (Lipinski definition) is 5. The monoisotopic (exact) mass is 342 g/mol. The number of rotatable bonds is 5. The molecular formula is C18H22N4O3. The Morgan fingerprint density at radius 1 is 1.36 bits per heavy atom. The van der Waals surface area contributed by atoms with Crippen LogP contribution in [0.25, 0.3) is 5.57 Å². The van der Waals surface area contributed by atoms with Gasteiger partial charge in [-0.2, -0.15) is 0 Å². The van der Waals surface area contributed by atoms with Gasteiger partial charge in [0.15, 0.2) is 0 Å². The molecule has 1 saturated heterocycles. The van der Waals surface area contributed by atoms with Gasteiger partial charge in [0.2, 0.25) is 12.3 Å². The van der Waals surface area contributed by atoms with Gasteiger partial charge in [-0.25, -0.2) is 0 Å². The van der Waals surface area contributed by atoms with Crippen molar-refractivity contribution in [1.29, 1.82) is 5.41 Å². The number of allylic oxidation sites excluding steroid dienone is 1. The molecule has 2 heterocycles. The standard InChI is InChI=1S/C18H22N4O3/c1-12-8-21(11-23)18-5-14(3-4-17(18)22(12)13(2)24)15(6-19)7-20-16-9-25-10-16/h3-7,11-12,16,19-20H,8-10H2,1-2H3/b15-7+,19-6?. The first kappa shape index (κ1) is 17.2. The summed E-state index contributed by atoms with van der Waals surface area (Å²) >= 11 is 0. The average molecular weight is 342 g/mol. The second-order valence-electron chi connectivity index (χ2n) is 6.34. The van der Waals surface area contributed by atoms with Crippen molar-refractivity contribution in [3.63, 3.8) is 0 Å². The van der Waals surface area contributed by atoms with E-state index in [2.05, 4.69) is 5.32 Å². The summed E-state index contributed by atoms with van der Waals surface area (Å²) in [5, 5.41) is 10.9. The maximum absolute atomic E-state index is 12.0. The van der Waals surface area contributed by atoms with Crippen molar-refractivity contribution in [3.05, 3.63) is 30.0 Å². The third-order valence-electron chi connectivity index (χ3n) is 4.51. The van der Waals surface area contributed by atoms with Crippen LogP contribution in [-0.2, 0) is 14.3 Å². The van der Waals surface area contributed by atoms with Crippen molar-refractivity contribution in [3.8, 4) is 0 Å². The number of carbonyl (C=O) groups excluding carboxylic acids is 2. The number of nitrogens with zero attached hydrogens (tertiary/aromatic N) is 2. The predicted molar refractivity (Wildman–Crippen MR) is 97.0 cm³/mol. The molecule has 0 radical (unpaired) electrons. The predicted octanol–water partition coefficient (Wildman–Crippen LogP) is 1.38. The zero-order valence-corrected chi connectivity index (χ0v) is 14.4. The molecule has 132 valence electrons. The Balaban J connectivity index is 1.97. The van der Waals surface area contributed by atoms with Crippen LogP contribution in [0, 0.1) is 5.41 Å². The topological polar surface area (TPSA) is 85.7 Å². The van der Waals surface area contributed by atoms with E-state index in [4.69, 9.17) is 10.1 Å². The van der Waals surface area contributed by atoms with E-state index in [0.29, 0.717) is 36.7 Å². The maximum Gasteiger partial charge on any atom is 0.224 e. The lowest BCUT2D eigenvalue weighted by Gasteiger charge is -2.39. The zero-order chi connectivity index (χ0) is 18.0. The van der Waals surface area contributed by atoms with E-state index >= 15 is 0 Å². The lowest BCUT2D eigenvalue weighted by molar-refractivity contribution is -0.117. The SMILES string of the molecule is CC(=O)N1c2ccc(/C(C=N)=C/NC3COC3)cc2N(C=O)CC1C. The highest BCUT2D eigenvalue weighted by Crippen LogP contribution is 2.36. The summed E-state index contributed by atoms with van der Waals surface area (Å²) in [7, 11) is 0. The number of amides is 2. The molecule has 7 nitrogen and oxygen atoms in total. The van der Waals surface area contributed by atoms with Crippen molar-refractivity contribution in [1.82, 2.24) is 5.32 Å². The molecule has 0 aromatic heterocycles. The van der Waals surface area contributed by atoms with E-state index in [1.54, 1.807) is 16.0 Å². The lowest BCUT2D eigenvalue weighted by Crippen LogP contribution is -2.49. The quantitative estimate of drug-likeness (QED) is 0.625. The van der Waals surface area contributed by atoms with E-state index in [1.165, 1.54) is 13.1 Å². The summed E-state index contributed by atoms with van der Waals surface area (Å²) < 4.78 is 5.12. The molecule has 0 aliphatic carbocycles. The van der Waals surface area contributed by atoms with Crippen LogP contribution >= 0.6 is 0 Å². The van der Waals surface area contributed by atoms with Gasteiger partial charge >= 0.3 is 0 Å². The maximum atomic E-state index is 12.0. The highest BCUT2D eigenvalue weighted by molar-refractivity contribution is 6.09. The summed E-state index contributed by atoms with van der Waals surface area (Å²) in [4.78, 5) is 26.8. The Labute approximate surface area is 146 Å². The molecule has 2 N–H and O–H groups in total. The molecule has 0 bridgehead atoms. The van der Waals surface area contributed by atoms with Crippen molar-refractivity contribution >= 4 is 35.5 Å². The number of benzene rings is 1. The molecule has 2 aliphatic rings. The second kappa shape index (κ2) is 7.06. The summed E-state index contributed by atoms with van der Waals surface area (Å²) in [6.07, 6.45) is 3.85. The zero-order valence-electron chi connectivity index (χ0n) is 14.4. The van der Waals surface area contributed by atoms with Gasteiger partial charge in [0.25, 0.3) is 0 Å². The Hall–Kier alpha value is -2.67. The first-order chi connectivity index (χ1) is 12.0. The Morgan fingerprint density at radius 2 is 2.12 bits per heavy atom. The largest absolute Gasteiger partial charge is 0.383 e. The summed E-state index contributed by atoms with van der Waals surface area (Å²) in [5.41, 5.74) is 2.91. The van der Waals surface area contributed by atoms with Gasteiger partial charge < -0.3 is 25.3 Å². The van der Waals surface area contributed by atoms with E-state index in [9.17, 15) is 9.59 Å². The molecule has 1 aromatic carbocycles. The minimum atomic E-state index is -0.0842. The van der Waals surface area contributed by atoms with Gasteiger partial charge in [-0.3, -0.25) is 9.59 Å². The number of nitrogens with one attached hydrogen (secondary N) is 2. The summed E-state index contributed by atoms with van der Waals surface area (Å²) in [6.45, 7) is 5.22. The fraction of sp³-hybridized carbons (Fsp3) is 0.389. The molecule has 1 fully saturated rings. The van der Waals surface area contributed by atoms with Gasteiger partial charge in [-0.1, -0.05) is 6.07 Å². The fourth-order valence-corrected chi connectivity index (χ4v) is 3.17. The average Bonchev–Trinajstić information content (AvgIpc) is 2.55. The van der Waals surface area contributed by atoms with Crippen LogP contribution in [0.2, 0.25) is 0 Å². The van der Waals surface area contributed by atoms with Crippen LogP contribution < -0.4 is 15.1 Å². The molecule has 1 unspecified atom stereocenters. The van der Waals surface area contributed by atoms with Gasteiger partial charge in [-0.05, 0) is 24.6 Å². The van der Waals surface area contributed by atoms with Crippen molar-refractivity contribution in [2.45, 2.75) is 25.9 Å². The molecule has 25 heavy (non-hydrogen) atoms. The van der Waals surface area contributed by atoms with Crippen LogP contribution in [0.3, 0.4) is 0 Å². The molecule has 1 aromatic rings. The minimum absolute atomic E-state index is 0.0541. The van der Waals surface area contributed by atoms with Crippen LogP contribution in [0.5, 0.6) is 0 Å². The molecule has 3 rings (SSSR count). The van der Waals surface area contributed by atoms with Gasteiger partial charge in [0, 0.05) is 31.5 Å². The smallest absolute Gasteiger partial charge is 0.224 e. The summed E-state index contributed by atoms with van der Waals surface area (Å²) in [6, 6.07) is 5.74. The van der Waals surface area contributed by atoms with Crippen molar-refractivity contribution < 1.29 is 14.3 Å². The Bertz CT molecular complexity index is 727. The molecule has 0 spiro atoms. The fourth-order valence-electron chi connectivity index (χ4n) is 3.17. The van der Waals surface area contributed by atoms with Crippen LogP contribution in [0.4, 0.5) is 11.4 Å². The third kappa shape index (κ3) is 3.28. The molecule has 7 heteroatoms. The van der Waals surface area contributed by atoms with Crippen LogP contribution in [-0.4, -0.2) is 50.4 Å². The highest BCUT2D eigenvalue weighted by atomic mass is 16.5. The molecular weight excluding hydrogens is 320 g/mol. The van der Waals surface area contributed by atoms with E-state index in [-0.39, 0.29) is 18.0 Å². The summed E-state index contributed by atoms with van der Waals surface area (Å²) in [5.74, 6) is -0.0541.